The quantitative estimate of drug-likeness (QED) is 0.0965. The Morgan fingerprint density at radius 2 is 1.05 bits per heavy atom. The van der Waals surface area contributed by atoms with Crippen LogP contribution in [0.25, 0.3) is 0 Å². The Morgan fingerprint density at radius 1 is 0.625 bits per heavy atom. The monoisotopic (exact) mass is 568 g/mol. The number of carboxylic acid groups (broad SMARTS) is 4. The zero-order chi connectivity index (χ0) is 30.4. The molecule has 4 atom stereocenters. The van der Waals surface area contributed by atoms with E-state index in [1.165, 1.54) is 24.3 Å². The van der Waals surface area contributed by atoms with E-state index in [1.54, 1.807) is 0 Å². The van der Waals surface area contributed by atoms with Gasteiger partial charge < -0.3 is 47.2 Å². The molecule has 4 unspecified atom stereocenters. The van der Waals surface area contributed by atoms with Crippen LogP contribution in [0.2, 0.25) is 0 Å². The van der Waals surface area contributed by atoms with Gasteiger partial charge in [-0.15, -0.1) is 0 Å². The number of amides is 3. The molecule has 1 aromatic rings. The van der Waals surface area contributed by atoms with E-state index in [0.29, 0.717) is 5.56 Å². The molecule has 16 nitrogen and oxygen atoms in total. The molecular formula is C24H32N4O12. The van der Waals surface area contributed by atoms with Gasteiger partial charge in [0, 0.05) is 25.7 Å². The molecule has 0 aromatic heterocycles. The highest BCUT2D eigenvalue weighted by atomic mass is 16.4. The lowest BCUT2D eigenvalue weighted by Crippen LogP contribution is -2.57. The first-order valence-electron chi connectivity index (χ1n) is 12.0. The number of rotatable bonds is 18. The van der Waals surface area contributed by atoms with Gasteiger partial charge in [-0.1, -0.05) is 12.1 Å². The Kier molecular flexibility index (Phi) is 13.6. The lowest BCUT2D eigenvalue weighted by atomic mass is 10.0. The standard InChI is InChI=1S/C24H32N4O12/c25-14(5-8-18(30)31)21(36)26-15(6-9-19(32)33)22(37)28-17(11-12-1-3-13(29)4-2-12)23(38)27-16(24(39)40)7-10-20(34)35/h1-4,14-17,29H,5-11,25H2,(H,26,36)(H,27,38)(H,28,37)(H,30,31)(H,32,33)(H,34,35)(H,39,40). The van der Waals surface area contributed by atoms with Gasteiger partial charge in [-0.3, -0.25) is 28.8 Å². The molecule has 220 valence electrons. The van der Waals surface area contributed by atoms with Crippen LogP contribution in [-0.4, -0.2) is 91.3 Å². The molecular weight excluding hydrogens is 536 g/mol. The molecule has 16 heteroatoms. The summed E-state index contributed by atoms with van der Waals surface area (Å²) in [6.45, 7) is 0. The summed E-state index contributed by atoms with van der Waals surface area (Å²) in [5.41, 5.74) is 6.08. The second kappa shape index (κ2) is 16.3. The van der Waals surface area contributed by atoms with Crippen LogP contribution in [0.3, 0.4) is 0 Å². The summed E-state index contributed by atoms with van der Waals surface area (Å²) in [6.07, 6.45) is -2.98. The zero-order valence-electron chi connectivity index (χ0n) is 21.2. The van der Waals surface area contributed by atoms with E-state index >= 15 is 0 Å². The van der Waals surface area contributed by atoms with Crippen LogP contribution in [0.1, 0.15) is 44.1 Å². The number of phenolic OH excluding ortho intramolecular Hbond substituents is 1. The molecule has 0 aliphatic heterocycles. The number of phenols is 1. The average Bonchev–Trinajstić information content (AvgIpc) is 2.87. The highest BCUT2D eigenvalue weighted by Gasteiger charge is 2.31. The molecule has 40 heavy (non-hydrogen) atoms. The summed E-state index contributed by atoms with van der Waals surface area (Å²) in [6, 6.07) is -0.500. The first-order chi connectivity index (χ1) is 18.7. The summed E-state index contributed by atoms with van der Waals surface area (Å²) in [7, 11) is 0. The smallest absolute Gasteiger partial charge is 0.326 e. The fourth-order valence-corrected chi connectivity index (χ4v) is 3.37. The van der Waals surface area contributed by atoms with E-state index in [4.69, 9.17) is 21.1 Å². The highest BCUT2D eigenvalue weighted by molar-refractivity contribution is 5.94. The van der Waals surface area contributed by atoms with Crippen molar-refractivity contribution in [1.29, 1.82) is 0 Å². The van der Waals surface area contributed by atoms with Crippen molar-refractivity contribution in [3.8, 4) is 5.75 Å². The van der Waals surface area contributed by atoms with E-state index in [1.807, 2.05) is 0 Å². The van der Waals surface area contributed by atoms with Crippen molar-refractivity contribution in [2.45, 2.75) is 69.1 Å². The van der Waals surface area contributed by atoms with Crippen molar-refractivity contribution in [1.82, 2.24) is 16.0 Å². The van der Waals surface area contributed by atoms with Gasteiger partial charge in [0.05, 0.1) is 6.04 Å². The lowest BCUT2D eigenvalue weighted by Gasteiger charge is -2.25. The molecule has 0 heterocycles. The number of nitrogens with one attached hydrogen (secondary N) is 3. The summed E-state index contributed by atoms with van der Waals surface area (Å²) in [5, 5.41) is 52.3. The van der Waals surface area contributed by atoms with Crippen LogP contribution in [0.5, 0.6) is 5.75 Å². The number of aliphatic carboxylic acids is 4. The minimum absolute atomic E-state index is 0.0934. The molecule has 1 rings (SSSR count). The molecule has 1 aromatic carbocycles. The third kappa shape index (κ3) is 12.7. The van der Waals surface area contributed by atoms with Gasteiger partial charge in [-0.25, -0.2) is 4.79 Å². The van der Waals surface area contributed by atoms with Crippen LogP contribution in [0, 0.1) is 0 Å². The van der Waals surface area contributed by atoms with E-state index in [-0.39, 0.29) is 18.6 Å². The molecule has 0 aliphatic rings. The molecule has 0 aliphatic carbocycles. The Morgan fingerprint density at radius 3 is 1.55 bits per heavy atom. The van der Waals surface area contributed by atoms with Gasteiger partial charge in [0.25, 0.3) is 0 Å². The minimum atomic E-state index is -1.61. The minimum Gasteiger partial charge on any atom is -0.508 e. The topological polar surface area (TPSA) is 283 Å². The molecule has 0 bridgehead atoms. The fraction of sp³-hybridized carbons (Fsp3) is 0.458. The van der Waals surface area contributed by atoms with Crippen LogP contribution < -0.4 is 21.7 Å². The zero-order valence-corrected chi connectivity index (χ0v) is 21.2. The summed E-state index contributed by atoms with van der Waals surface area (Å²) >= 11 is 0. The molecule has 0 saturated heterocycles. The maximum absolute atomic E-state index is 13.1. The predicted molar refractivity (Wildman–Crippen MR) is 134 cm³/mol. The number of hydrogen-bond donors (Lipinski definition) is 9. The average molecular weight is 569 g/mol. The first-order valence-corrected chi connectivity index (χ1v) is 12.0. The number of carboxylic acids is 4. The van der Waals surface area contributed by atoms with Crippen molar-refractivity contribution in [3.05, 3.63) is 29.8 Å². The van der Waals surface area contributed by atoms with Crippen LogP contribution in [-0.2, 0) is 40.0 Å². The van der Waals surface area contributed by atoms with Crippen LogP contribution >= 0.6 is 0 Å². The Balaban J connectivity index is 3.17. The first kappa shape index (κ1) is 33.3. The van der Waals surface area contributed by atoms with Crippen molar-refractivity contribution < 1.29 is 59.1 Å². The third-order valence-corrected chi connectivity index (χ3v) is 5.56. The number of hydrogen-bond acceptors (Lipinski definition) is 9. The number of nitrogens with two attached hydrogens (primary N) is 1. The molecule has 3 amide bonds. The molecule has 0 radical (unpaired) electrons. The molecule has 0 fully saturated rings. The fourth-order valence-electron chi connectivity index (χ4n) is 3.37. The van der Waals surface area contributed by atoms with Crippen LogP contribution in [0.4, 0.5) is 0 Å². The number of carbonyl (C=O) groups is 7. The van der Waals surface area contributed by atoms with Gasteiger partial charge in [-0.05, 0) is 37.0 Å². The van der Waals surface area contributed by atoms with Gasteiger partial charge >= 0.3 is 23.9 Å². The third-order valence-electron chi connectivity index (χ3n) is 5.56. The normalized spacial score (nSPS) is 13.6. The lowest BCUT2D eigenvalue weighted by molar-refractivity contribution is -0.143. The molecule has 0 saturated carbocycles. The predicted octanol–water partition coefficient (Wildman–Crippen LogP) is -1.60. The Hall–Kier alpha value is -4.73. The van der Waals surface area contributed by atoms with Gasteiger partial charge in [-0.2, -0.15) is 0 Å². The SMILES string of the molecule is NC(CCC(=O)O)C(=O)NC(CCC(=O)O)C(=O)NC(Cc1ccc(O)cc1)C(=O)NC(CCC(=O)O)C(=O)O. The van der Waals surface area contributed by atoms with Crippen LogP contribution in [0.15, 0.2) is 24.3 Å². The van der Waals surface area contributed by atoms with Gasteiger partial charge in [0.1, 0.15) is 23.9 Å². The molecule has 10 N–H and O–H groups in total. The number of carbonyl (C=O) groups excluding carboxylic acids is 3. The van der Waals surface area contributed by atoms with E-state index < -0.39 is 97.9 Å². The maximum atomic E-state index is 13.1. The number of benzene rings is 1. The van der Waals surface area contributed by atoms with Gasteiger partial charge in [0.2, 0.25) is 17.7 Å². The van der Waals surface area contributed by atoms with E-state index in [0.717, 1.165) is 0 Å². The van der Waals surface area contributed by atoms with Crippen molar-refractivity contribution >= 4 is 41.6 Å². The van der Waals surface area contributed by atoms with Gasteiger partial charge in [0.15, 0.2) is 0 Å². The van der Waals surface area contributed by atoms with E-state index in [2.05, 4.69) is 16.0 Å². The molecule has 0 spiro atoms. The summed E-state index contributed by atoms with van der Waals surface area (Å²) in [4.78, 5) is 82.8. The highest BCUT2D eigenvalue weighted by Crippen LogP contribution is 2.12. The van der Waals surface area contributed by atoms with Crippen molar-refractivity contribution in [3.63, 3.8) is 0 Å². The summed E-state index contributed by atoms with van der Waals surface area (Å²) in [5.74, 6) is -8.40. The second-order valence-corrected chi connectivity index (χ2v) is 8.80. The second-order valence-electron chi connectivity index (χ2n) is 8.80. The van der Waals surface area contributed by atoms with E-state index in [9.17, 15) is 43.8 Å². The largest absolute Gasteiger partial charge is 0.508 e. The maximum Gasteiger partial charge on any atom is 0.326 e. The summed E-state index contributed by atoms with van der Waals surface area (Å²) < 4.78 is 0. The van der Waals surface area contributed by atoms with Crippen molar-refractivity contribution in [2.24, 2.45) is 5.73 Å². The van der Waals surface area contributed by atoms with Crippen molar-refractivity contribution in [2.75, 3.05) is 0 Å². The number of aromatic hydroxyl groups is 1. The Bertz CT molecular complexity index is 1090. The Labute approximate surface area is 227 Å².